The predicted molar refractivity (Wildman–Crippen MR) is 72.6 cm³/mol. The van der Waals surface area contributed by atoms with Gasteiger partial charge in [-0.2, -0.15) is 5.26 Å². The summed E-state index contributed by atoms with van der Waals surface area (Å²) in [4.78, 5) is 8.22. The highest BCUT2D eigenvalue weighted by atomic mass is 32.2. The largest absolute Gasteiger partial charge is 0.383 e. The molecule has 96 valence electrons. The number of nitriles is 1. The first kappa shape index (κ1) is 13.1. The first-order valence-corrected chi connectivity index (χ1v) is 6.50. The van der Waals surface area contributed by atoms with E-state index in [-0.39, 0.29) is 5.56 Å². The van der Waals surface area contributed by atoms with E-state index in [1.165, 1.54) is 23.9 Å². The third-order valence-corrected chi connectivity index (χ3v) is 2.82. The zero-order valence-corrected chi connectivity index (χ0v) is 10.8. The predicted octanol–water partition coefficient (Wildman–Crippen LogP) is 2.54. The molecule has 0 spiro atoms. The van der Waals surface area contributed by atoms with Crippen LogP contribution in [0.15, 0.2) is 29.4 Å². The highest BCUT2D eigenvalue weighted by Gasteiger charge is 2.07. The molecule has 0 bridgehead atoms. The molecule has 0 fully saturated rings. The molecule has 19 heavy (non-hydrogen) atoms. The molecule has 0 aliphatic rings. The maximum Gasteiger partial charge on any atom is 0.191 e. The molecule has 0 radical (unpaired) electrons. The first-order chi connectivity index (χ1) is 9.12. The van der Waals surface area contributed by atoms with Crippen molar-refractivity contribution in [3.8, 4) is 6.07 Å². The Kier molecular flexibility index (Phi) is 3.82. The summed E-state index contributed by atoms with van der Waals surface area (Å²) in [6.07, 6.45) is 1.83. The monoisotopic (exact) mass is 275 g/mol. The Morgan fingerprint density at radius 1 is 1.37 bits per heavy atom. The topological polar surface area (TPSA) is 87.6 Å². The van der Waals surface area contributed by atoms with Crippen molar-refractivity contribution in [2.75, 3.05) is 17.3 Å². The lowest BCUT2D eigenvalue weighted by molar-refractivity contribution is 0.627. The van der Waals surface area contributed by atoms with Gasteiger partial charge in [0.15, 0.2) is 5.16 Å². The highest BCUT2D eigenvalue weighted by Crippen LogP contribution is 2.22. The van der Waals surface area contributed by atoms with Crippen LogP contribution in [0.5, 0.6) is 0 Å². The molecule has 2 aromatic rings. The third kappa shape index (κ3) is 3.11. The zero-order valence-electron chi connectivity index (χ0n) is 10.0. The minimum Gasteiger partial charge on any atom is -0.383 e. The molecule has 0 saturated heterocycles. The minimum absolute atomic E-state index is 0.197. The number of hydrogen-bond donors (Lipinski definition) is 2. The number of nitrogen functional groups attached to an aromatic ring is 1. The van der Waals surface area contributed by atoms with Crippen molar-refractivity contribution in [1.29, 1.82) is 5.26 Å². The number of nitrogens with two attached hydrogens (primary N) is 1. The van der Waals surface area contributed by atoms with Crippen LogP contribution in [0.3, 0.4) is 0 Å². The van der Waals surface area contributed by atoms with Crippen LogP contribution in [0.1, 0.15) is 5.56 Å². The summed E-state index contributed by atoms with van der Waals surface area (Å²) in [5.41, 5.74) is 6.32. The van der Waals surface area contributed by atoms with Crippen molar-refractivity contribution in [2.24, 2.45) is 0 Å². The van der Waals surface area contributed by atoms with Crippen molar-refractivity contribution < 1.29 is 4.39 Å². The van der Waals surface area contributed by atoms with Gasteiger partial charge in [-0.25, -0.2) is 14.4 Å². The molecule has 0 atom stereocenters. The van der Waals surface area contributed by atoms with Crippen LogP contribution in [-0.2, 0) is 0 Å². The molecule has 2 rings (SSSR count). The molecule has 3 N–H and O–H groups in total. The van der Waals surface area contributed by atoms with Gasteiger partial charge in [0, 0.05) is 6.07 Å². The first-order valence-electron chi connectivity index (χ1n) is 5.27. The molecular weight excluding hydrogens is 265 g/mol. The summed E-state index contributed by atoms with van der Waals surface area (Å²) in [6, 6.07) is 7.36. The average Bonchev–Trinajstić information content (AvgIpc) is 2.40. The lowest BCUT2D eigenvalue weighted by Gasteiger charge is -2.08. The Morgan fingerprint density at radius 3 is 2.84 bits per heavy atom. The van der Waals surface area contributed by atoms with E-state index >= 15 is 0 Å². The molecule has 7 heteroatoms. The van der Waals surface area contributed by atoms with Crippen LogP contribution in [0.25, 0.3) is 0 Å². The Hall–Kier alpha value is -2.33. The van der Waals surface area contributed by atoms with Gasteiger partial charge in [-0.3, -0.25) is 0 Å². The Labute approximate surface area is 113 Å². The van der Waals surface area contributed by atoms with Crippen LogP contribution < -0.4 is 11.1 Å². The van der Waals surface area contributed by atoms with E-state index in [1.807, 2.05) is 12.3 Å². The molecule has 1 aromatic carbocycles. The zero-order chi connectivity index (χ0) is 13.8. The van der Waals surface area contributed by atoms with Gasteiger partial charge in [0.05, 0.1) is 11.3 Å². The van der Waals surface area contributed by atoms with Crippen LogP contribution in [-0.4, -0.2) is 16.2 Å². The fraction of sp³-hybridized carbons (Fsp3) is 0.0833. The van der Waals surface area contributed by atoms with Crippen LogP contribution >= 0.6 is 11.8 Å². The molecule has 0 unspecified atom stereocenters. The number of nitrogens with zero attached hydrogens (tertiary/aromatic N) is 3. The molecule has 1 heterocycles. The number of nitrogens with one attached hydrogen (secondary N) is 1. The summed E-state index contributed by atoms with van der Waals surface area (Å²) >= 11 is 1.35. The van der Waals surface area contributed by atoms with Gasteiger partial charge in [0.2, 0.25) is 0 Å². The van der Waals surface area contributed by atoms with Gasteiger partial charge >= 0.3 is 0 Å². The second-order valence-corrected chi connectivity index (χ2v) is 4.36. The maximum absolute atomic E-state index is 13.0. The number of benzene rings is 1. The fourth-order valence-electron chi connectivity index (χ4n) is 1.45. The number of anilines is 3. The molecule has 0 saturated carbocycles. The van der Waals surface area contributed by atoms with Crippen molar-refractivity contribution in [3.05, 3.63) is 35.6 Å². The summed E-state index contributed by atoms with van der Waals surface area (Å²) in [6.45, 7) is 0. The van der Waals surface area contributed by atoms with E-state index in [1.54, 1.807) is 6.07 Å². The van der Waals surface area contributed by atoms with E-state index in [0.717, 1.165) is 6.07 Å². The van der Waals surface area contributed by atoms with Crippen molar-refractivity contribution in [1.82, 2.24) is 9.97 Å². The minimum atomic E-state index is -0.464. The van der Waals surface area contributed by atoms with E-state index in [9.17, 15) is 4.39 Å². The number of thioether (sulfide) groups is 1. The third-order valence-electron chi connectivity index (χ3n) is 2.27. The molecule has 0 amide bonds. The van der Waals surface area contributed by atoms with Gasteiger partial charge in [-0.15, -0.1) is 0 Å². The number of hydrogen-bond acceptors (Lipinski definition) is 6. The van der Waals surface area contributed by atoms with Gasteiger partial charge < -0.3 is 11.1 Å². The van der Waals surface area contributed by atoms with Gasteiger partial charge in [0.25, 0.3) is 0 Å². The van der Waals surface area contributed by atoms with E-state index in [0.29, 0.717) is 22.5 Å². The summed E-state index contributed by atoms with van der Waals surface area (Å²) in [5, 5.41) is 12.4. The van der Waals surface area contributed by atoms with Gasteiger partial charge in [-0.05, 0) is 24.5 Å². The van der Waals surface area contributed by atoms with Crippen LogP contribution in [0, 0.1) is 17.1 Å². The molecule has 5 nitrogen and oxygen atoms in total. The number of halogens is 1. The Balaban J connectivity index is 2.36. The molecule has 0 aliphatic heterocycles. The number of aromatic nitrogens is 2. The lowest BCUT2D eigenvalue weighted by Crippen LogP contribution is -2.01. The second kappa shape index (κ2) is 5.54. The average molecular weight is 275 g/mol. The number of rotatable bonds is 3. The SMILES string of the molecule is CSc1nc(N)cc(Nc2ccc(F)cc2C#N)n1. The van der Waals surface area contributed by atoms with E-state index in [4.69, 9.17) is 11.0 Å². The normalized spacial score (nSPS) is 9.95. The fourth-order valence-corrected chi connectivity index (χ4v) is 1.84. The van der Waals surface area contributed by atoms with Crippen molar-refractivity contribution in [2.45, 2.75) is 5.16 Å². The van der Waals surface area contributed by atoms with Gasteiger partial charge in [0.1, 0.15) is 23.5 Å². The maximum atomic E-state index is 13.0. The Morgan fingerprint density at radius 2 is 2.16 bits per heavy atom. The molecular formula is C12H10FN5S. The highest BCUT2D eigenvalue weighted by molar-refractivity contribution is 7.98. The quantitative estimate of drug-likeness (QED) is 0.661. The Bertz CT molecular complexity index is 653. The van der Waals surface area contributed by atoms with E-state index in [2.05, 4.69) is 15.3 Å². The van der Waals surface area contributed by atoms with Crippen molar-refractivity contribution in [3.63, 3.8) is 0 Å². The molecule has 1 aromatic heterocycles. The van der Waals surface area contributed by atoms with Crippen molar-refractivity contribution >= 4 is 29.1 Å². The molecule has 0 aliphatic carbocycles. The van der Waals surface area contributed by atoms with Gasteiger partial charge in [-0.1, -0.05) is 11.8 Å². The van der Waals surface area contributed by atoms with Crippen LogP contribution in [0.2, 0.25) is 0 Å². The van der Waals surface area contributed by atoms with Crippen LogP contribution in [0.4, 0.5) is 21.7 Å². The standard InChI is InChI=1S/C12H10FN5S/c1-19-12-17-10(15)5-11(18-12)16-9-3-2-8(13)4-7(9)6-14/h2-5H,1H3,(H3,15,16,17,18). The summed E-state index contributed by atoms with van der Waals surface area (Å²) < 4.78 is 13.0. The lowest BCUT2D eigenvalue weighted by atomic mass is 10.2. The van der Waals surface area contributed by atoms with E-state index < -0.39 is 5.82 Å². The smallest absolute Gasteiger partial charge is 0.191 e. The summed E-state index contributed by atoms with van der Waals surface area (Å²) in [5.74, 6) is 0.316. The second-order valence-electron chi connectivity index (χ2n) is 3.59. The summed E-state index contributed by atoms with van der Waals surface area (Å²) in [7, 11) is 0.